The van der Waals surface area contributed by atoms with Gasteiger partial charge in [0.2, 0.25) is 5.91 Å². The predicted octanol–water partition coefficient (Wildman–Crippen LogP) is 0.919. The molecule has 2 rings (SSSR count). The third-order valence-corrected chi connectivity index (χ3v) is 3.48. The average molecular weight is 240 g/mol. The number of carbonyl (C=O) groups is 1. The van der Waals surface area contributed by atoms with Gasteiger partial charge in [-0.1, -0.05) is 0 Å². The highest BCUT2D eigenvalue weighted by Crippen LogP contribution is 2.28. The summed E-state index contributed by atoms with van der Waals surface area (Å²) in [5, 5.41) is 6.26. The van der Waals surface area contributed by atoms with Gasteiger partial charge in [-0.25, -0.2) is 0 Å². The Bertz CT molecular complexity index is 236. The van der Waals surface area contributed by atoms with Crippen LogP contribution in [-0.2, 0) is 9.53 Å². The van der Waals surface area contributed by atoms with E-state index < -0.39 is 0 Å². The van der Waals surface area contributed by atoms with Crippen LogP contribution in [0.3, 0.4) is 0 Å². The van der Waals surface area contributed by atoms with E-state index in [9.17, 15) is 4.79 Å². The first-order chi connectivity index (χ1) is 8.36. The Morgan fingerprint density at radius 1 is 1.35 bits per heavy atom. The van der Waals surface area contributed by atoms with E-state index in [0.29, 0.717) is 0 Å². The lowest BCUT2D eigenvalue weighted by molar-refractivity contribution is -0.125. The van der Waals surface area contributed by atoms with Crippen LogP contribution >= 0.6 is 0 Å². The molecule has 1 saturated heterocycles. The molecule has 1 aliphatic carbocycles. The molecule has 4 nitrogen and oxygen atoms in total. The summed E-state index contributed by atoms with van der Waals surface area (Å²) >= 11 is 0. The molecule has 1 aliphatic heterocycles. The van der Waals surface area contributed by atoms with Gasteiger partial charge in [0.25, 0.3) is 0 Å². The summed E-state index contributed by atoms with van der Waals surface area (Å²) in [6.07, 6.45) is 5.75. The first-order valence-electron chi connectivity index (χ1n) is 6.92. The highest BCUT2D eigenvalue weighted by atomic mass is 16.5. The average Bonchev–Trinajstić information content (AvgIpc) is 3.18. The first-order valence-corrected chi connectivity index (χ1v) is 6.92. The van der Waals surface area contributed by atoms with Crippen molar-refractivity contribution >= 4 is 5.91 Å². The molecule has 1 saturated carbocycles. The van der Waals surface area contributed by atoms with E-state index >= 15 is 0 Å². The number of carbonyl (C=O) groups excluding carboxylic acids is 1. The molecule has 0 radical (unpaired) electrons. The zero-order valence-electron chi connectivity index (χ0n) is 10.5. The highest BCUT2D eigenvalue weighted by Gasteiger charge is 2.21. The van der Waals surface area contributed by atoms with Gasteiger partial charge in [0.15, 0.2) is 0 Å². The molecule has 1 heterocycles. The minimum atomic E-state index is 0.177. The van der Waals surface area contributed by atoms with Gasteiger partial charge < -0.3 is 15.4 Å². The molecule has 17 heavy (non-hydrogen) atoms. The van der Waals surface area contributed by atoms with Gasteiger partial charge in [0, 0.05) is 26.3 Å². The summed E-state index contributed by atoms with van der Waals surface area (Å²) in [7, 11) is 0. The highest BCUT2D eigenvalue weighted by molar-refractivity contribution is 5.78. The maximum atomic E-state index is 11.8. The molecular formula is C13H24N2O2. The Hall–Kier alpha value is -0.610. The molecule has 0 aromatic carbocycles. The van der Waals surface area contributed by atoms with Crippen LogP contribution in [0.1, 0.15) is 32.1 Å². The van der Waals surface area contributed by atoms with Crippen molar-refractivity contribution in [2.24, 2.45) is 11.8 Å². The molecule has 0 unspecified atom stereocenters. The topological polar surface area (TPSA) is 50.4 Å². The number of hydrogen-bond acceptors (Lipinski definition) is 3. The lowest BCUT2D eigenvalue weighted by Gasteiger charge is -2.21. The summed E-state index contributed by atoms with van der Waals surface area (Å²) in [5.41, 5.74) is 0. The van der Waals surface area contributed by atoms with Gasteiger partial charge in [-0.2, -0.15) is 0 Å². The van der Waals surface area contributed by atoms with Gasteiger partial charge >= 0.3 is 0 Å². The molecule has 0 aromatic heterocycles. The number of nitrogens with one attached hydrogen (secondary N) is 2. The van der Waals surface area contributed by atoms with Crippen LogP contribution in [0.5, 0.6) is 0 Å². The first kappa shape index (κ1) is 12.8. The van der Waals surface area contributed by atoms with Gasteiger partial charge in [0.1, 0.15) is 0 Å². The van der Waals surface area contributed by atoms with Crippen LogP contribution in [0.2, 0.25) is 0 Å². The van der Waals surface area contributed by atoms with Crippen LogP contribution in [0.15, 0.2) is 0 Å². The van der Waals surface area contributed by atoms with E-state index in [0.717, 1.165) is 58.0 Å². The number of hydrogen-bond donors (Lipinski definition) is 2. The molecule has 1 amide bonds. The Morgan fingerprint density at radius 3 is 2.94 bits per heavy atom. The van der Waals surface area contributed by atoms with Crippen LogP contribution in [0, 0.1) is 11.8 Å². The summed E-state index contributed by atoms with van der Waals surface area (Å²) in [4.78, 5) is 11.8. The summed E-state index contributed by atoms with van der Waals surface area (Å²) in [5.74, 6) is 1.22. The van der Waals surface area contributed by atoms with E-state index in [4.69, 9.17) is 4.74 Å². The second kappa shape index (κ2) is 6.97. The van der Waals surface area contributed by atoms with Gasteiger partial charge in [-0.05, 0) is 44.6 Å². The van der Waals surface area contributed by atoms with Crippen molar-refractivity contribution in [2.45, 2.75) is 32.1 Å². The SMILES string of the molecule is O=C(NCCCOCC1CC1)[C@@H]1CCCNC1. The monoisotopic (exact) mass is 240 g/mol. The molecular weight excluding hydrogens is 216 g/mol. The summed E-state index contributed by atoms with van der Waals surface area (Å²) in [6.45, 7) is 4.34. The van der Waals surface area contributed by atoms with Crippen molar-refractivity contribution in [3.05, 3.63) is 0 Å². The van der Waals surface area contributed by atoms with Crippen molar-refractivity contribution in [1.29, 1.82) is 0 Å². The fraction of sp³-hybridized carbons (Fsp3) is 0.923. The van der Waals surface area contributed by atoms with Crippen molar-refractivity contribution in [2.75, 3.05) is 32.8 Å². The smallest absolute Gasteiger partial charge is 0.224 e. The Kier molecular flexibility index (Phi) is 5.26. The van der Waals surface area contributed by atoms with Gasteiger partial charge in [0.05, 0.1) is 5.92 Å². The van der Waals surface area contributed by atoms with Crippen LogP contribution in [0.4, 0.5) is 0 Å². The predicted molar refractivity (Wildman–Crippen MR) is 66.8 cm³/mol. The molecule has 2 N–H and O–H groups in total. The lowest BCUT2D eigenvalue weighted by Crippen LogP contribution is -2.40. The summed E-state index contributed by atoms with van der Waals surface area (Å²) < 4.78 is 5.52. The number of piperidine rings is 1. The van der Waals surface area contributed by atoms with Crippen molar-refractivity contribution in [1.82, 2.24) is 10.6 Å². The minimum absolute atomic E-state index is 0.177. The molecule has 2 aliphatic rings. The maximum absolute atomic E-state index is 11.8. The fourth-order valence-electron chi connectivity index (χ4n) is 2.14. The fourth-order valence-corrected chi connectivity index (χ4v) is 2.14. The van der Waals surface area contributed by atoms with Gasteiger partial charge in [-0.15, -0.1) is 0 Å². The molecule has 0 bridgehead atoms. The number of ether oxygens (including phenoxy) is 1. The van der Waals surface area contributed by atoms with Crippen LogP contribution < -0.4 is 10.6 Å². The molecule has 0 aromatic rings. The number of amides is 1. The van der Waals surface area contributed by atoms with Gasteiger partial charge in [-0.3, -0.25) is 4.79 Å². The van der Waals surface area contributed by atoms with Crippen LogP contribution in [0.25, 0.3) is 0 Å². The molecule has 98 valence electrons. The lowest BCUT2D eigenvalue weighted by atomic mass is 9.99. The van der Waals surface area contributed by atoms with E-state index in [1.165, 1.54) is 12.8 Å². The quantitative estimate of drug-likeness (QED) is 0.651. The largest absolute Gasteiger partial charge is 0.381 e. The molecule has 4 heteroatoms. The van der Waals surface area contributed by atoms with E-state index in [-0.39, 0.29) is 11.8 Å². The van der Waals surface area contributed by atoms with Crippen molar-refractivity contribution < 1.29 is 9.53 Å². The molecule has 0 spiro atoms. The van der Waals surface area contributed by atoms with Crippen molar-refractivity contribution in [3.63, 3.8) is 0 Å². The normalized spacial score (nSPS) is 24.6. The Labute approximate surface area is 103 Å². The van der Waals surface area contributed by atoms with Crippen molar-refractivity contribution in [3.8, 4) is 0 Å². The Balaban J connectivity index is 1.44. The standard InChI is InChI=1S/C13H24N2O2/c16-13(12-3-1-6-14-9-12)15-7-2-8-17-10-11-4-5-11/h11-12,14H,1-10H2,(H,15,16)/t12-/m1/s1. The zero-order valence-corrected chi connectivity index (χ0v) is 10.5. The second-order valence-electron chi connectivity index (χ2n) is 5.21. The maximum Gasteiger partial charge on any atom is 0.224 e. The summed E-state index contributed by atoms with van der Waals surface area (Å²) in [6, 6.07) is 0. The third-order valence-electron chi connectivity index (χ3n) is 3.48. The zero-order chi connectivity index (χ0) is 11.9. The van der Waals surface area contributed by atoms with E-state index in [1.807, 2.05) is 0 Å². The van der Waals surface area contributed by atoms with Crippen LogP contribution in [-0.4, -0.2) is 38.8 Å². The number of rotatable bonds is 7. The minimum Gasteiger partial charge on any atom is -0.381 e. The molecule has 1 atom stereocenters. The second-order valence-corrected chi connectivity index (χ2v) is 5.21. The van der Waals surface area contributed by atoms with E-state index in [1.54, 1.807) is 0 Å². The molecule has 2 fully saturated rings. The van der Waals surface area contributed by atoms with E-state index in [2.05, 4.69) is 10.6 Å². The Morgan fingerprint density at radius 2 is 2.24 bits per heavy atom. The third kappa shape index (κ3) is 5.04.